The highest BCUT2D eigenvalue weighted by Gasteiger charge is 2.36. The Labute approximate surface area is 118 Å². The van der Waals surface area contributed by atoms with E-state index in [1.165, 1.54) is 12.1 Å². The number of nitrogens with zero attached hydrogens (tertiary/aromatic N) is 1. The Balaban J connectivity index is 2.18. The third-order valence-corrected chi connectivity index (χ3v) is 2.66. The van der Waals surface area contributed by atoms with E-state index < -0.39 is 30.2 Å². The van der Waals surface area contributed by atoms with E-state index in [4.69, 9.17) is 9.47 Å². The number of carbonyl (C=O) groups excluding carboxylic acids is 1. The largest absolute Gasteiger partial charge is 0.573 e. The molecule has 0 saturated heterocycles. The van der Waals surface area contributed by atoms with Crippen molar-refractivity contribution >= 4 is 12.4 Å². The lowest BCUT2D eigenvalue weighted by atomic mass is 10.0. The lowest BCUT2D eigenvalue weighted by molar-refractivity contribution is -0.274. The molecule has 1 heterocycles. The van der Waals surface area contributed by atoms with Crippen LogP contribution in [0.1, 0.15) is 18.6 Å². The van der Waals surface area contributed by atoms with E-state index in [0.717, 1.165) is 18.5 Å². The Hall–Kier alpha value is -2.25. The number of hydrogen-bond donors (Lipinski definition) is 0. The zero-order chi connectivity index (χ0) is 15.5. The van der Waals surface area contributed by atoms with E-state index in [2.05, 4.69) is 9.73 Å². The molecule has 0 bridgehead atoms. The van der Waals surface area contributed by atoms with Crippen LogP contribution in [0.3, 0.4) is 0 Å². The zero-order valence-electron chi connectivity index (χ0n) is 11.0. The minimum atomic E-state index is -4.79. The molecule has 0 amide bonds. The summed E-state index contributed by atoms with van der Waals surface area (Å²) in [5.74, 6) is -0.989. The molecule has 1 aromatic carbocycles. The highest BCUT2D eigenvalue weighted by molar-refractivity contribution is 5.80. The molecular formula is C13H12F3NO4. The van der Waals surface area contributed by atoms with Crippen molar-refractivity contribution < 1.29 is 32.2 Å². The van der Waals surface area contributed by atoms with Gasteiger partial charge in [0.25, 0.3) is 0 Å². The van der Waals surface area contributed by atoms with Gasteiger partial charge in [-0.1, -0.05) is 12.1 Å². The van der Waals surface area contributed by atoms with Crippen LogP contribution in [-0.4, -0.2) is 31.4 Å². The summed E-state index contributed by atoms with van der Waals surface area (Å²) < 4.78 is 50.5. The Bertz CT molecular complexity index is 544. The molecule has 114 valence electrons. The second-order valence-corrected chi connectivity index (χ2v) is 4.13. The smallest absolute Gasteiger partial charge is 0.473 e. The zero-order valence-corrected chi connectivity index (χ0v) is 11.0. The second-order valence-electron chi connectivity index (χ2n) is 4.13. The Morgan fingerprint density at radius 2 is 2.19 bits per heavy atom. The van der Waals surface area contributed by atoms with Crippen LogP contribution in [-0.2, 0) is 14.3 Å². The summed E-state index contributed by atoms with van der Waals surface area (Å²) in [7, 11) is 0. The summed E-state index contributed by atoms with van der Waals surface area (Å²) in [4.78, 5) is 15.5. The maximum Gasteiger partial charge on any atom is 0.573 e. The van der Waals surface area contributed by atoms with Crippen molar-refractivity contribution in [3.63, 3.8) is 0 Å². The number of ether oxygens (including phenoxy) is 3. The van der Waals surface area contributed by atoms with Crippen LogP contribution in [0.2, 0.25) is 0 Å². The third kappa shape index (κ3) is 3.87. The molecule has 0 aromatic heterocycles. The summed E-state index contributed by atoms with van der Waals surface area (Å²) in [5.41, 5.74) is 0.340. The first-order chi connectivity index (χ1) is 9.90. The lowest BCUT2D eigenvalue weighted by Gasteiger charge is -2.17. The Morgan fingerprint density at radius 1 is 1.43 bits per heavy atom. The molecule has 0 spiro atoms. The molecule has 0 N–H and O–H groups in total. The number of benzene rings is 1. The maximum atomic E-state index is 12.2. The van der Waals surface area contributed by atoms with Crippen LogP contribution in [0.5, 0.6) is 5.75 Å². The normalized spacial score (nSPS) is 21.0. The minimum absolute atomic E-state index is 0.175. The highest BCUT2D eigenvalue weighted by atomic mass is 19.4. The van der Waals surface area contributed by atoms with Gasteiger partial charge in [-0.2, -0.15) is 0 Å². The summed E-state index contributed by atoms with van der Waals surface area (Å²) in [6, 6.07) is 4.27. The third-order valence-electron chi connectivity index (χ3n) is 2.66. The van der Waals surface area contributed by atoms with Crippen LogP contribution in [0.15, 0.2) is 29.3 Å². The first-order valence-electron chi connectivity index (χ1n) is 6.10. The van der Waals surface area contributed by atoms with E-state index >= 15 is 0 Å². The van der Waals surface area contributed by atoms with Gasteiger partial charge in [-0.05, 0) is 24.6 Å². The van der Waals surface area contributed by atoms with Crippen LogP contribution in [0.25, 0.3) is 0 Å². The SMILES string of the molecule is CCOC(=O)C1N=COC1c1cccc(OC(F)(F)F)c1. The molecule has 2 unspecified atom stereocenters. The van der Waals surface area contributed by atoms with Gasteiger partial charge in [0.1, 0.15) is 5.75 Å². The number of carbonyl (C=O) groups is 1. The lowest BCUT2D eigenvalue weighted by Crippen LogP contribution is -2.26. The average Bonchev–Trinajstić information content (AvgIpc) is 2.86. The summed E-state index contributed by atoms with van der Waals surface area (Å²) in [5, 5.41) is 0. The molecule has 0 fully saturated rings. The summed E-state index contributed by atoms with van der Waals surface area (Å²) >= 11 is 0. The standard InChI is InChI=1S/C13H12F3NO4/c1-2-19-12(18)10-11(20-7-17-10)8-4-3-5-9(6-8)21-13(14,15)16/h3-7,10-11H,2H2,1H3. The van der Waals surface area contributed by atoms with E-state index in [-0.39, 0.29) is 6.61 Å². The molecule has 0 aliphatic carbocycles. The molecule has 5 nitrogen and oxygen atoms in total. The summed E-state index contributed by atoms with van der Waals surface area (Å²) in [6.07, 6.45) is -4.53. The number of aliphatic imine (C=N–C) groups is 1. The van der Waals surface area contributed by atoms with Gasteiger partial charge in [-0.15, -0.1) is 13.2 Å². The van der Waals surface area contributed by atoms with E-state index in [1.54, 1.807) is 6.92 Å². The van der Waals surface area contributed by atoms with Gasteiger partial charge in [-0.3, -0.25) is 0 Å². The molecule has 1 aliphatic heterocycles. The fourth-order valence-electron chi connectivity index (χ4n) is 1.88. The Morgan fingerprint density at radius 3 is 2.86 bits per heavy atom. The van der Waals surface area contributed by atoms with Crippen molar-refractivity contribution in [2.24, 2.45) is 4.99 Å². The molecule has 2 atom stereocenters. The molecule has 2 rings (SSSR count). The van der Waals surface area contributed by atoms with Crippen molar-refractivity contribution in [2.45, 2.75) is 25.4 Å². The van der Waals surface area contributed by atoms with Gasteiger partial charge in [0.05, 0.1) is 6.61 Å². The molecule has 21 heavy (non-hydrogen) atoms. The molecule has 8 heteroatoms. The number of alkyl halides is 3. The molecular weight excluding hydrogens is 291 g/mol. The molecule has 1 aromatic rings. The van der Waals surface area contributed by atoms with Crippen LogP contribution in [0, 0.1) is 0 Å². The van der Waals surface area contributed by atoms with Crippen molar-refractivity contribution in [3.05, 3.63) is 29.8 Å². The predicted octanol–water partition coefficient (Wildman–Crippen LogP) is 2.62. The van der Waals surface area contributed by atoms with E-state index in [9.17, 15) is 18.0 Å². The predicted molar refractivity (Wildman–Crippen MR) is 65.9 cm³/mol. The van der Waals surface area contributed by atoms with E-state index in [0.29, 0.717) is 5.56 Å². The van der Waals surface area contributed by atoms with Gasteiger partial charge in [0.15, 0.2) is 18.5 Å². The van der Waals surface area contributed by atoms with Gasteiger partial charge in [0.2, 0.25) is 0 Å². The van der Waals surface area contributed by atoms with E-state index in [1.807, 2.05) is 0 Å². The topological polar surface area (TPSA) is 57.1 Å². The Kier molecular flexibility index (Phi) is 4.35. The van der Waals surface area contributed by atoms with Gasteiger partial charge in [-0.25, -0.2) is 9.79 Å². The fraction of sp³-hybridized carbons (Fsp3) is 0.385. The van der Waals surface area contributed by atoms with Gasteiger partial charge in [0, 0.05) is 0 Å². The van der Waals surface area contributed by atoms with Gasteiger partial charge < -0.3 is 14.2 Å². The average molecular weight is 303 g/mol. The van der Waals surface area contributed by atoms with Gasteiger partial charge >= 0.3 is 12.3 Å². The molecule has 0 saturated carbocycles. The second kappa shape index (κ2) is 6.02. The maximum absolute atomic E-state index is 12.2. The highest BCUT2D eigenvalue weighted by Crippen LogP contribution is 2.31. The van der Waals surface area contributed by atoms with Crippen molar-refractivity contribution in [2.75, 3.05) is 6.61 Å². The minimum Gasteiger partial charge on any atom is -0.473 e. The first-order valence-corrected chi connectivity index (χ1v) is 6.10. The van der Waals surface area contributed by atoms with Crippen molar-refractivity contribution in [3.8, 4) is 5.75 Å². The quantitative estimate of drug-likeness (QED) is 0.802. The molecule has 0 radical (unpaired) electrons. The number of esters is 1. The van der Waals surface area contributed by atoms with Crippen LogP contribution in [0.4, 0.5) is 13.2 Å². The van der Waals surface area contributed by atoms with Crippen molar-refractivity contribution in [1.82, 2.24) is 0 Å². The number of hydrogen-bond acceptors (Lipinski definition) is 5. The van der Waals surface area contributed by atoms with Crippen LogP contribution < -0.4 is 4.74 Å². The summed E-state index contributed by atoms with van der Waals surface area (Å²) in [6.45, 7) is 1.82. The molecule has 1 aliphatic rings. The van der Waals surface area contributed by atoms with Crippen LogP contribution >= 0.6 is 0 Å². The fourth-order valence-corrected chi connectivity index (χ4v) is 1.88. The van der Waals surface area contributed by atoms with Crippen molar-refractivity contribution in [1.29, 1.82) is 0 Å². The monoisotopic (exact) mass is 303 g/mol. The first kappa shape index (κ1) is 15.1. The number of rotatable bonds is 4. The number of halogens is 3.